The van der Waals surface area contributed by atoms with Gasteiger partial charge >= 0.3 is 6.61 Å². The lowest BCUT2D eigenvalue weighted by Gasteiger charge is -2.14. The first-order valence-electron chi connectivity index (χ1n) is 6.80. The second kappa shape index (κ2) is 8.83. The first kappa shape index (κ1) is 17.7. The number of para-hydroxylation sites is 1. The van der Waals surface area contributed by atoms with Crippen LogP contribution in [0.15, 0.2) is 45.2 Å². The Labute approximate surface area is 145 Å². The summed E-state index contributed by atoms with van der Waals surface area (Å²) in [5.74, 6) is 0.744. The number of nitrogens with one attached hydrogen (secondary N) is 2. The van der Waals surface area contributed by atoms with Gasteiger partial charge in [-0.3, -0.25) is 4.99 Å². The lowest BCUT2D eigenvalue weighted by Crippen LogP contribution is -2.36. The van der Waals surface area contributed by atoms with Gasteiger partial charge in [0.15, 0.2) is 5.96 Å². The predicted molar refractivity (Wildman–Crippen MR) is 92.1 cm³/mol. The molecular weight excluding hydrogens is 388 g/mol. The van der Waals surface area contributed by atoms with E-state index in [1.807, 2.05) is 12.1 Å². The molecule has 124 valence electrons. The highest BCUT2D eigenvalue weighted by Gasteiger charge is 2.09. The van der Waals surface area contributed by atoms with E-state index in [0.717, 1.165) is 8.66 Å². The number of rotatable bonds is 6. The number of aliphatic imine (C=N–C) groups is 1. The number of hydrogen-bond acceptors (Lipinski definition) is 3. The van der Waals surface area contributed by atoms with Crippen molar-refractivity contribution in [2.75, 3.05) is 7.05 Å². The van der Waals surface area contributed by atoms with Crippen molar-refractivity contribution >= 4 is 33.2 Å². The highest BCUT2D eigenvalue weighted by atomic mass is 79.9. The van der Waals surface area contributed by atoms with Crippen LogP contribution >= 0.6 is 27.3 Å². The van der Waals surface area contributed by atoms with Gasteiger partial charge in [-0.15, -0.1) is 11.3 Å². The summed E-state index contributed by atoms with van der Waals surface area (Å²) in [7, 11) is 1.65. The topological polar surface area (TPSA) is 45.7 Å². The highest BCUT2D eigenvalue weighted by molar-refractivity contribution is 9.11. The number of ether oxygens (including phenoxy) is 1. The van der Waals surface area contributed by atoms with Gasteiger partial charge in [0.05, 0.1) is 10.3 Å². The van der Waals surface area contributed by atoms with Gasteiger partial charge in [0.2, 0.25) is 0 Å². The van der Waals surface area contributed by atoms with E-state index < -0.39 is 6.61 Å². The van der Waals surface area contributed by atoms with Crippen molar-refractivity contribution in [1.29, 1.82) is 0 Å². The molecule has 0 atom stereocenters. The minimum Gasteiger partial charge on any atom is -0.434 e. The average Bonchev–Trinajstić information content (AvgIpc) is 2.94. The molecule has 0 fully saturated rings. The van der Waals surface area contributed by atoms with Gasteiger partial charge in [0.1, 0.15) is 5.75 Å². The summed E-state index contributed by atoms with van der Waals surface area (Å²) >= 11 is 5.05. The Morgan fingerprint density at radius 2 is 1.96 bits per heavy atom. The molecule has 0 saturated carbocycles. The minimum atomic E-state index is -2.84. The summed E-state index contributed by atoms with van der Waals surface area (Å²) < 4.78 is 30.4. The first-order valence-corrected chi connectivity index (χ1v) is 8.41. The number of nitrogens with zero attached hydrogens (tertiary/aromatic N) is 1. The third-order valence-corrected chi connectivity index (χ3v) is 4.54. The van der Waals surface area contributed by atoms with E-state index in [4.69, 9.17) is 0 Å². The van der Waals surface area contributed by atoms with Crippen LogP contribution in [0, 0.1) is 0 Å². The second-order valence-corrected chi connectivity index (χ2v) is 7.02. The van der Waals surface area contributed by atoms with Crippen LogP contribution in [0.3, 0.4) is 0 Å². The average molecular weight is 404 g/mol. The van der Waals surface area contributed by atoms with Crippen molar-refractivity contribution in [1.82, 2.24) is 10.6 Å². The molecule has 4 nitrogen and oxygen atoms in total. The maximum absolute atomic E-state index is 12.4. The van der Waals surface area contributed by atoms with Crippen molar-refractivity contribution in [3.05, 3.63) is 50.6 Å². The summed E-state index contributed by atoms with van der Waals surface area (Å²) in [5, 5.41) is 6.25. The molecule has 0 saturated heterocycles. The number of benzene rings is 1. The van der Waals surface area contributed by atoms with Crippen LogP contribution in [0.5, 0.6) is 5.75 Å². The largest absolute Gasteiger partial charge is 0.434 e. The number of halogens is 3. The number of hydrogen-bond donors (Lipinski definition) is 2. The Balaban J connectivity index is 1.90. The van der Waals surface area contributed by atoms with Crippen molar-refractivity contribution in [3.8, 4) is 5.75 Å². The standard InChI is InChI=1S/C15H16BrF2N3OS/c1-19-15(21-9-11-6-7-13(16)23-11)20-8-10-4-2-3-5-12(10)22-14(17)18/h2-7,14H,8-9H2,1H3,(H2,19,20,21). The molecule has 0 aliphatic heterocycles. The van der Waals surface area contributed by atoms with Crippen LogP contribution in [-0.2, 0) is 13.1 Å². The zero-order chi connectivity index (χ0) is 16.7. The Morgan fingerprint density at radius 1 is 1.22 bits per heavy atom. The molecule has 1 aromatic carbocycles. The molecule has 0 bridgehead atoms. The van der Waals surface area contributed by atoms with Crippen molar-refractivity contribution < 1.29 is 13.5 Å². The number of alkyl halides is 2. The van der Waals surface area contributed by atoms with Gasteiger partial charge in [0, 0.05) is 24.0 Å². The monoisotopic (exact) mass is 403 g/mol. The SMILES string of the molecule is CN=C(NCc1ccc(Br)s1)NCc1ccccc1OC(F)F. The van der Waals surface area contributed by atoms with Crippen molar-refractivity contribution in [2.45, 2.75) is 19.7 Å². The molecule has 1 heterocycles. The highest BCUT2D eigenvalue weighted by Crippen LogP contribution is 2.22. The molecule has 2 rings (SSSR count). The van der Waals surface area contributed by atoms with Crippen molar-refractivity contribution in [3.63, 3.8) is 0 Å². The molecule has 0 radical (unpaired) electrons. The van der Waals surface area contributed by atoms with E-state index in [1.54, 1.807) is 36.6 Å². The first-order chi connectivity index (χ1) is 11.1. The van der Waals surface area contributed by atoms with Gasteiger partial charge in [-0.2, -0.15) is 8.78 Å². The lowest BCUT2D eigenvalue weighted by atomic mass is 10.2. The maximum Gasteiger partial charge on any atom is 0.387 e. The second-order valence-electron chi connectivity index (χ2n) is 4.47. The molecule has 23 heavy (non-hydrogen) atoms. The summed E-state index contributed by atoms with van der Waals surface area (Å²) in [6.45, 7) is -1.88. The molecule has 0 unspecified atom stereocenters. The molecule has 8 heteroatoms. The van der Waals surface area contributed by atoms with Gasteiger partial charge in [-0.1, -0.05) is 18.2 Å². The molecule has 2 N–H and O–H groups in total. The molecule has 0 aliphatic carbocycles. The third-order valence-electron chi connectivity index (χ3n) is 2.92. The lowest BCUT2D eigenvalue weighted by molar-refractivity contribution is -0.0504. The Hall–Kier alpha value is -1.67. The Kier molecular flexibility index (Phi) is 6.79. The minimum absolute atomic E-state index is 0.160. The van der Waals surface area contributed by atoms with E-state index in [2.05, 4.69) is 36.3 Å². The van der Waals surface area contributed by atoms with E-state index in [1.165, 1.54) is 6.07 Å². The fraction of sp³-hybridized carbons (Fsp3) is 0.267. The van der Waals surface area contributed by atoms with E-state index in [0.29, 0.717) is 24.6 Å². The molecule has 0 amide bonds. The van der Waals surface area contributed by atoms with Gasteiger partial charge in [-0.25, -0.2) is 0 Å². The summed E-state index contributed by atoms with van der Waals surface area (Å²) in [6.07, 6.45) is 0. The van der Waals surface area contributed by atoms with Crippen LogP contribution in [0.25, 0.3) is 0 Å². The third kappa shape index (κ3) is 5.80. The van der Waals surface area contributed by atoms with Gasteiger partial charge in [0.25, 0.3) is 0 Å². The van der Waals surface area contributed by atoms with Gasteiger partial charge in [-0.05, 0) is 34.1 Å². The number of guanidine groups is 1. The molecule has 1 aromatic heterocycles. The zero-order valence-corrected chi connectivity index (χ0v) is 14.8. The van der Waals surface area contributed by atoms with Crippen molar-refractivity contribution in [2.24, 2.45) is 4.99 Å². The van der Waals surface area contributed by atoms with Crippen LogP contribution in [0.1, 0.15) is 10.4 Å². The molecule has 0 spiro atoms. The normalized spacial score (nSPS) is 11.6. The van der Waals surface area contributed by atoms with E-state index in [9.17, 15) is 8.78 Å². The van der Waals surface area contributed by atoms with E-state index >= 15 is 0 Å². The molecule has 2 aromatic rings. The fourth-order valence-corrected chi connectivity index (χ4v) is 3.30. The fourth-order valence-electron chi connectivity index (χ4n) is 1.88. The zero-order valence-electron chi connectivity index (χ0n) is 12.4. The Morgan fingerprint density at radius 3 is 2.61 bits per heavy atom. The Bertz CT molecular complexity index is 664. The summed E-state index contributed by atoms with van der Waals surface area (Å²) in [5.41, 5.74) is 0.634. The maximum atomic E-state index is 12.4. The smallest absolute Gasteiger partial charge is 0.387 e. The van der Waals surface area contributed by atoms with Crippen LogP contribution < -0.4 is 15.4 Å². The van der Waals surface area contributed by atoms with Crippen LogP contribution in [-0.4, -0.2) is 19.6 Å². The van der Waals surface area contributed by atoms with Gasteiger partial charge < -0.3 is 15.4 Å². The molecular formula is C15H16BrF2N3OS. The number of thiophene rings is 1. The van der Waals surface area contributed by atoms with Crippen LogP contribution in [0.2, 0.25) is 0 Å². The molecule has 0 aliphatic rings. The summed E-state index contributed by atoms with van der Waals surface area (Å²) in [4.78, 5) is 5.27. The van der Waals surface area contributed by atoms with Crippen LogP contribution in [0.4, 0.5) is 8.78 Å². The summed E-state index contributed by atoms with van der Waals surface area (Å²) in [6, 6.07) is 10.7. The van der Waals surface area contributed by atoms with E-state index in [-0.39, 0.29) is 5.75 Å². The predicted octanol–water partition coefficient (Wildman–Crippen LogP) is 3.98. The quantitative estimate of drug-likeness (QED) is 0.566.